The Kier molecular flexibility index (Phi) is 4.63. The van der Waals surface area contributed by atoms with Gasteiger partial charge in [0.05, 0.1) is 6.20 Å². The van der Waals surface area contributed by atoms with Gasteiger partial charge in [-0.3, -0.25) is 9.78 Å². The molecule has 1 atom stereocenters. The Labute approximate surface area is 130 Å². The molecule has 1 aromatic rings. The van der Waals surface area contributed by atoms with Crippen molar-refractivity contribution >= 4 is 12.0 Å². The van der Waals surface area contributed by atoms with Crippen molar-refractivity contribution in [3.05, 3.63) is 24.3 Å². The van der Waals surface area contributed by atoms with E-state index in [0.29, 0.717) is 25.3 Å². The summed E-state index contributed by atoms with van der Waals surface area (Å²) in [5, 5.41) is 0. The van der Waals surface area contributed by atoms with Crippen molar-refractivity contribution in [3.8, 4) is 0 Å². The third kappa shape index (κ3) is 3.93. The topological polar surface area (TPSA) is 75.6 Å². The van der Waals surface area contributed by atoms with Crippen molar-refractivity contribution in [1.82, 2.24) is 19.8 Å². The first-order valence-electron chi connectivity index (χ1n) is 7.33. The molecule has 0 spiro atoms. The second-order valence-electron chi connectivity index (χ2n) is 6.36. The van der Waals surface area contributed by atoms with Gasteiger partial charge in [0, 0.05) is 38.1 Å². The zero-order valence-electron chi connectivity index (χ0n) is 13.4. The lowest BCUT2D eigenvalue weighted by molar-refractivity contribution is 0.00605. The Hall–Kier alpha value is -2.18. The molecule has 1 aliphatic heterocycles. The molecule has 7 heteroatoms. The van der Waals surface area contributed by atoms with Crippen molar-refractivity contribution in [3.63, 3.8) is 0 Å². The molecule has 1 saturated heterocycles. The van der Waals surface area contributed by atoms with E-state index in [4.69, 9.17) is 4.74 Å². The van der Waals surface area contributed by atoms with Crippen LogP contribution in [0.25, 0.3) is 0 Å². The van der Waals surface area contributed by atoms with Crippen molar-refractivity contribution in [2.45, 2.75) is 39.3 Å². The van der Waals surface area contributed by atoms with Crippen LogP contribution in [0.5, 0.6) is 0 Å². The molecule has 2 heterocycles. The van der Waals surface area contributed by atoms with Crippen LogP contribution in [0.2, 0.25) is 0 Å². The van der Waals surface area contributed by atoms with Crippen LogP contribution in [-0.4, -0.2) is 63.0 Å². The van der Waals surface area contributed by atoms with Gasteiger partial charge in [0.2, 0.25) is 0 Å². The van der Waals surface area contributed by atoms with Gasteiger partial charge in [-0.1, -0.05) is 0 Å². The molecule has 0 aliphatic carbocycles. The quantitative estimate of drug-likeness (QED) is 0.787. The SMILES string of the molecule is C[C@H]1CN(C(=O)OC(C)(C)C)CCN1C(=O)c1cnccn1. The number of ether oxygens (including phenoxy) is 1. The van der Waals surface area contributed by atoms with Crippen molar-refractivity contribution in [2.24, 2.45) is 0 Å². The summed E-state index contributed by atoms with van der Waals surface area (Å²) in [5.74, 6) is -0.163. The van der Waals surface area contributed by atoms with Gasteiger partial charge >= 0.3 is 6.09 Å². The van der Waals surface area contributed by atoms with Crippen LogP contribution >= 0.6 is 0 Å². The zero-order chi connectivity index (χ0) is 16.3. The van der Waals surface area contributed by atoms with Crippen molar-refractivity contribution in [2.75, 3.05) is 19.6 Å². The van der Waals surface area contributed by atoms with Crippen LogP contribution < -0.4 is 0 Å². The van der Waals surface area contributed by atoms with E-state index >= 15 is 0 Å². The maximum atomic E-state index is 12.4. The summed E-state index contributed by atoms with van der Waals surface area (Å²) in [7, 11) is 0. The van der Waals surface area contributed by atoms with Gasteiger partial charge in [-0.05, 0) is 27.7 Å². The monoisotopic (exact) mass is 306 g/mol. The van der Waals surface area contributed by atoms with Gasteiger partial charge in [0.1, 0.15) is 11.3 Å². The smallest absolute Gasteiger partial charge is 0.410 e. The number of amides is 2. The number of carbonyl (C=O) groups excluding carboxylic acids is 2. The highest BCUT2D eigenvalue weighted by molar-refractivity contribution is 5.92. The molecule has 7 nitrogen and oxygen atoms in total. The fraction of sp³-hybridized carbons (Fsp3) is 0.600. The van der Waals surface area contributed by atoms with E-state index in [-0.39, 0.29) is 18.0 Å². The Morgan fingerprint density at radius 3 is 2.55 bits per heavy atom. The van der Waals surface area contributed by atoms with Crippen molar-refractivity contribution in [1.29, 1.82) is 0 Å². The first kappa shape index (κ1) is 16.2. The van der Waals surface area contributed by atoms with E-state index in [0.717, 1.165) is 0 Å². The standard InChI is InChI=1S/C15H22N4O3/c1-11-10-18(14(21)22-15(2,3)4)7-8-19(11)13(20)12-9-16-5-6-17-12/h5-6,9,11H,7-8,10H2,1-4H3/t11-/m0/s1. The Morgan fingerprint density at radius 1 is 1.27 bits per heavy atom. The molecule has 2 amide bonds. The van der Waals surface area contributed by atoms with E-state index < -0.39 is 5.60 Å². The minimum Gasteiger partial charge on any atom is -0.444 e. The van der Waals surface area contributed by atoms with Gasteiger partial charge in [-0.15, -0.1) is 0 Å². The maximum Gasteiger partial charge on any atom is 0.410 e. The summed E-state index contributed by atoms with van der Waals surface area (Å²) in [4.78, 5) is 35.8. The average molecular weight is 306 g/mol. The summed E-state index contributed by atoms with van der Waals surface area (Å²) in [6.45, 7) is 8.76. The van der Waals surface area contributed by atoms with E-state index in [9.17, 15) is 9.59 Å². The second kappa shape index (κ2) is 6.29. The summed E-state index contributed by atoms with van der Waals surface area (Å²) in [5.41, 5.74) is -0.201. The highest BCUT2D eigenvalue weighted by Gasteiger charge is 2.32. The lowest BCUT2D eigenvalue weighted by Crippen LogP contribution is -2.56. The lowest BCUT2D eigenvalue weighted by Gasteiger charge is -2.39. The summed E-state index contributed by atoms with van der Waals surface area (Å²) >= 11 is 0. The first-order valence-corrected chi connectivity index (χ1v) is 7.33. The predicted octanol–water partition coefficient (Wildman–Crippen LogP) is 1.56. The molecule has 1 aliphatic rings. The number of hydrogen-bond acceptors (Lipinski definition) is 5. The van der Waals surface area contributed by atoms with Crippen LogP contribution in [0.4, 0.5) is 4.79 Å². The minimum absolute atomic E-state index is 0.101. The number of nitrogens with zero attached hydrogens (tertiary/aromatic N) is 4. The van der Waals surface area contributed by atoms with Gasteiger partial charge in [0.15, 0.2) is 0 Å². The molecule has 0 saturated carbocycles. The van der Waals surface area contributed by atoms with Gasteiger partial charge in [-0.25, -0.2) is 9.78 Å². The Bertz CT molecular complexity index is 541. The highest BCUT2D eigenvalue weighted by atomic mass is 16.6. The molecular weight excluding hydrogens is 284 g/mol. The number of rotatable bonds is 1. The molecule has 1 fully saturated rings. The average Bonchev–Trinajstić information content (AvgIpc) is 2.45. The largest absolute Gasteiger partial charge is 0.444 e. The molecule has 2 rings (SSSR count). The molecule has 0 radical (unpaired) electrons. The molecular formula is C15H22N4O3. The number of carbonyl (C=O) groups is 2. The minimum atomic E-state index is -0.521. The van der Waals surface area contributed by atoms with Gasteiger partial charge in [0.25, 0.3) is 5.91 Å². The molecule has 22 heavy (non-hydrogen) atoms. The fourth-order valence-corrected chi connectivity index (χ4v) is 2.31. The third-order valence-electron chi connectivity index (χ3n) is 3.32. The maximum absolute atomic E-state index is 12.4. The van der Waals surface area contributed by atoms with Crippen LogP contribution in [0.3, 0.4) is 0 Å². The molecule has 0 bridgehead atoms. The second-order valence-corrected chi connectivity index (χ2v) is 6.36. The van der Waals surface area contributed by atoms with E-state index in [1.54, 1.807) is 9.80 Å². The lowest BCUT2D eigenvalue weighted by atomic mass is 10.1. The van der Waals surface area contributed by atoms with Crippen molar-refractivity contribution < 1.29 is 14.3 Å². The van der Waals surface area contributed by atoms with Crippen LogP contribution in [0.1, 0.15) is 38.2 Å². The van der Waals surface area contributed by atoms with Gasteiger partial charge < -0.3 is 14.5 Å². The number of piperazine rings is 1. The van der Waals surface area contributed by atoms with E-state index in [1.807, 2.05) is 27.7 Å². The van der Waals surface area contributed by atoms with Crippen LogP contribution in [0, 0.1) is 0 Å². The summed E-state index contributed by atoms with van der Waals surface area (Å²) < 4.78 is 5.37. The number of hydrogen-bond donors (Lipinski definition) is 0. The first-order chi connectivity index (χ1) is 10.3. The molecule has 0 aromatic carbocycles. The molecule has 0 N–H and O–H groups in total. The summed E-state index contributed by atoms with van der Waals surface area (Å²) in [6.07, 6.45) is 4.14. The molecule has 0 unspecified atom stereocenters. The highest BCUT2D eigenvalue weighted by Crippen LogP contribution is 2.16. The Morgan fingerprint density at radius 2 is 2.00 bits per heavy atom. The fourth-order valence-electron chi connectivity index (χ4n) is 2.31. The van der Waals surface area contributed by atoms with Crippen LogP contribution in [0.15, 0.2) is 18.6 Å². The molecule has 1 aromatic heterocycles. The van der Waals surface area contributed by atoms with Crippen LogP contribution in [-0.2, 0) is 4.74 Å². The third-order valence-corrected chi connectivity index (χ3v) is 3.32. The normalized spacial score (nSPS) is 19.0. The Balaban J connectivity index is 1.98. The molecule has 120 valence electrons. The van der Waals surface area contributed by atoms with E-state index in [2.05, 4.69) is 9.97 Å². The van der Waals surface area contributed by atoms with E-state index in [1.165, 1.54) is 18.6 Å². The predicted molar refractivity (Wildman–Crippen MR) is 80.3 cm³/mol. The summed E-state index contributed by atoms with van der Waals surface area (Å²) in [6, 6.07) is -0.101. The van der Waals surface area contributed by atoms with Gasteiger partial charge in [-0.2, -0.15) is 0 Å². The zero-order valence-corrected chi connectivity index (χ0v) is 13.4. The number of aromatic nitrogens is 2.